The fraction of sp³-hybridized carbons (Fsp3) is 0.850. The maximum atomic E-state index is 12.0. The summed E-state index contributed by atoms with van der Waals surface area (Å²) in [5.74, 6) is 0.319. The van der Waals surface area contributed by atoms with E-state index in [2.05, 4.69) is 19.1 Å². The summed E-state index contributed by atoms with van der Waals surface area (Å²) >= 11 is 0. The summed E-state index contributed by atoms with van der Waals surface area (Å²) in [5, 5.41) is 0. The summed E-state index contributed by atoms with van der Waals surface area (Å²) < 4.78 is 5.27. The van der Waals surface area contributed by atoms with Crippen molar-refractivity contribution in [3.05, 3.63) is 12.2 Å². The highest BCUT2D eigenvalue weighted by Crippen LogP contribution is 2.10. The van der Waals surface area contributed by atoms with Crippen molar-refractivity contribution in [3.8, 4) is 0 Å². The molecule has 0 aromatic carbocycles. The molecule has 1 rings (SSSR count). The molecule has 0 aliphatic carbocycles. The van der Waals surface area contributed by atoms with Crippen LogP contribution in [0.15, 0.2) is 12.2 Å². The van der Waals surface area contributed by atoms with Crippen LogP contribution in [0, 0.1) is 0 Å². The molecule has 0 aromatic heterocycles. The van der Waals surface area contributed by atoms with Crippen LogP contribution < -0.4 is 0 Å². The van der Waals surface area contributed by atoms with Crippen molar-refractivity contribution >= 4 is 5.91 Å². The Hall–Kier alpha value is -0.830. The van der Waals surface area contributed by atoms with Gasteiger partial charge in [0.1, 0.15) is 0 Å². The smallest absolute Gasteiger partial charge is 0.222 e. The predicted octanol–water partition coefficient (Wildman–Crippen LogP) is 5.10. The number of ether oxygens (including phenoxy) is 1. The van der Waals surface area contributed by atoms with E-state index in [0.29, 0.717) is 19.1 Å². The van der Waals surface area contributed by atoms with Gasteiger partial charge in [-0.15, -0.1) is 0 Å². The van der Waals surface area contributed by atoms with Crippen LogP contribution in [0.25, 0.3) is 0 Å². The molecule has 1 aliphatic heterocycles. The maximum absolute atomic E-state index is 12.0. The van der Waals surface area contributed by atoms with Crippen LogP contribution in [0.2, 0.25) is 0 Å². The largest absolute Gasteiger partial charge is 0.378 e. The van der Waals surface area contributed by atoms with Crippen molar-refractivity contribution in [1.82, 2.24) is 4.90 Å². The van der Waals surface area contributed by atoms with Crippen LogP contribution in [0.5, 0.6) is 0 Å². The number of allylic oxidation sites excluding steroid dienone is 2. The molecule has 1 saturated heterocycles. The highest BCUT2D eigenvalue weighted by Gasteiger charge is 2.15. The van der Waals surface area contributed by atoms with Crippen LogP contribution in [-0.4, -0.2) is 37.1 Å². The molecule has 0 atom stereocenters. The van der Waals surface area contributed by atoms with Gasteiger partial charge < -0.3 is 9.64 Å². The molecule has 0 saturated carbocycles. The minimum Gasteiger partial charge on any atom is -0.378 e. The summed E-state index contributed by atoms with van der Waals surface area (Å²) in [7, 11) is 0. The van der Waals surface area contributed by atoms with Gasteiger partial charge in [0.25, 0.3) is 0 Å². The Morgan fingerprint density at radius 2 is 1.43 bits per heavy atom. The van der Waals surface area contributed by atoms with Crippen LogP contribution in [0.1, 0.15) is 84.0 Å². The van der Waals surface area contributed by atoms with Crippen LogP contribution >= 0.6 is 0 Å². The van der Waals surface area contributed by atoms with Gasteiger partial charge in [0, 0.05) is 19.5 Å². The van der Waals surface area contributed by atoms with Gasteiger partial charge in [0.2, 0.25) is 5.91 Å². The number of hydrogen-bond donors (Lipinski definition) is 0. The number of morpholine rings is 1. The van der Waals surface area contributed by atoms with Gasteiger partial charge in [-0.25, -0.2) is 0 Å². The van der Waals surface area contributed by atoms with Crippen LogP contribution in [0.3, 0.4) is 0 Å². The second-order valence-electron chi connectivity index (χ2n) is 6.62. The van der Waals surface area contributed by atoms with E-state index >= 15 is 0 Å². The second kappa shape index (κ2) is 14.7. The number of carbonyl (C=O) groups is 1. The molecule has 1 fully saturated rings. The van der Waals surface area contributed by atoms with Gasteiger partial charge in [-0.1, -0.05) is 57.6 Å². The van der Waals surface area contributed by atoms with Gasteiger partial charge in [-0.3, -0.25) is 4.79 Å². The lowest BCUT2D eigenvalue weighted by Crippen LogP contribution is -2.40. The predicted molar refractivity (Wildman–Crippen MR) is 97.6 cm³/mol. The monoisotopic (exact) mass is 323 g/mol. The fourth-order valence-corrected chi connectivity index (χ4v) is 2.96. The highest BCUT2D eigenvalue weighted by atomic mass is 16.5. The van der Waals surface area contributed by atoms with Crippen LogP contribution in [0.4, 0.5) is 0 Å². The normalized spacial score (nSPS) is 15.4. The first-order valence-electron chi connectivity index (χ1n) is 9.85. The molecule has 0 bridgehead atoms. The molecule has 134 valence electrons. The zero-order valence-corrected chi connectivity index (χ0v) is 15.2. The van der Waals surface area contributed by atoms with E-state index in [0.717, 1.165) is 25.9 Å². The third-order valence-electron chi connectivity index (χ3n) is 4.52. The summed E-state index contributed by atoms with van der Waals surface area (Å²) in [6.07, 6.45) is 19.4. The molecular weight excluding hydrogens is 286 g/mol. The van der Waals surface area contributed by atoms with Crippen molar-refractivity contribution in [1.29, 1.82) is 0 Å². The number of amides is 1. The van der Waals surface area contributed by atoms with E-state index in [4.69, 9.17) is 4.74 Å². The minimum absolute atomic E-state index is 0.319. The summed E-state index contributed by atoms with van der Waals surface area (Å²) in [4.78, 5) is 13.9. The molecular formula is C20H37NO2. The van der Waals surface area contributed by atoms with E-state index in [1.54, 1.807) is 0 Å². The number of unbranched alkanes of at least 4 members (excludes halogenated alkanes) is 9. The molecule has 1 heterocycles. The quantitative estimate of drug-likeness (QED) is 0.348. The zero-order chi connectivity index (χ0) is 16.6. The van der Waals surface area contributed by atoms with Gasteiger partial charge in [0.15, 0.2) is 0 Å². The number of hydrogen-bond acceptors (Lipinski definition) is 2. The number of carbonyl (C=O) groups excluding carboxylic acids is 1. The molecule has 0 unspecified atom stereocenters. The molecule has 1 amide bonds. The molecule has 0 spiro atoms. The SMILES string of the molecule is CCCCCC/C=C\CCCCCCCC(=O)N1CCOCC1. The average Bonchev–Trinajstić information content (AvgIpc) is 2.59. The van der Waals surface area contributed by atoms with Gasteiger partial charge in [-0.2, -0.15) is 0 Å². The summed E-state index contributed by atoms with van der Waals surface area (Å²) in [6, 6.07) is 0. The Kier molecular flexibility index (Phi) is 13.0. The third-order valence-corrected chi connectivity index (χ3v) is 4.52. The van der Waals surface area contributed by atoms with E-state index < -0.39 is 0 Å². The first kappa shape index (κ1) is 20.2. The van der Waals surface area contributed by atoms with Gasteiger partial charge in [0.05, 0.1) is 13.2 Å². The Morgan fingerprint density at radius 3 is 2.09 bits per heavy atom. The van der Waals surface area contributed by atoms with Crippen molar-refractivity contribution in [3.63, 3.8) is 0 Å². The molecule has 0 aromatic rings. The third kappa shape index (κ3) is 11.4. The van der Waals surface area contributed by atoms with E-state index in [-0.39, 0.29) is 0 Å². The lowest BCUT2D eigenvalue weighted by molar-refractivity contribution is -0.135. The molecule has 0 radical (unpaired) electrons. The van der Waals surface area contributed by atoms with E-state index in [1.165, 1.54) is 64.2 Å². The average molecular weight is 324 g/mol. The van der Waals surface area contributed by atoms with Gasteiger partial charge >= 0.3 is 0 Å². The minimum atomic E-state index is 0.319. The number of rotatable bonds is 13. The topological polar surface area (TPSA) is 29.5 Å². The van der Waals surface area contributed by atoms with Crippen molar-refractivity contribution in [2.45, 2.75) is 84.0 Å². The molecule has 23 heavy (non-hydrogen) atoms. The van der Waals surface area contributed by atoms with E-state index in [1.807, 2.05) is 4.90 Å². The Balaban J connectivity index is 1.82. The second-order valence-corrected chi connectivity index (χ2v) is 6.62. The lowest BCUT2D eigenvalue weighted by Gasteiger charge is -2.26. The van der Waals surface area contributed by atoms with Crippen molar-refractivity contribution in [2.24, 2.45) is 0 Å². The lowest BCUT2D eigenvalue weighted by atomic mass is 10.1. The fourth-order valence-electron chi connectivity index (χ4n) is 2.96. The first-order valence-corrected chi connectivity index (χ1v) is 9.85. The maximum Gasteiger partial charge on any atom is 0.222 e. The Bertz CT molecular complexity index is 309. The summed E-state index contributed by atoms with van der Waals surface area (Å²) in [6.45, 7) is 5.23. The Morgan fingerprint density at radius 1 is 0.870 bits per heavy atom. The zero-order valence-electron chi connectivity index (χ0n) is 15.2. The first-order chi connectivity index (χ1) is 11.3. The molecule has 1 aliphatic rings. The van der Waals surface area contributed by atoms with Crippen molar-refractivity contribution in [2.75, 3.05) is 26.3 Å². The molecule has 3 heteroatoms. The van der Waals surface area contributed by atoms with Crippen molar-refractivity contribution < 1.29 is 9.53 Å². The standard InChI is InChI=1S/C20H37NO2/c1-2-3-4-5-6-7-8-9-10-11-12-13-14-15-20(22)21-16-18-23-19-17-21/h7-8H,2-6,9-19H2,1H3/b8-7-. The van der Waals surface area contributed by atoms with E-state index in [9.17, 15) is 4.79 Å². The molecule has 3 nitrogen and oxygen atoms in total. The Labute approximate surface area is 143 Å². The molecule has 0 N–H and O–H groups in total. The number of nitrogens with zero attached hydrogens (tertiary/aromatic N) is 1. The highest BCUT2D eigenvalue weighted by molar-refractivity contribution is 5.76. The van der Waals surface area contributed by atoms with Crippen LogP contribution in [-0.2, 0) is 9.53 Å². The summed E-state index contributed by atoms with van der Waals surface area (Å²) in [5.41, 5.74) is 0. The van der Waals surface area contributed by atoms with Gasteiger partial charge in [-0.05, 0) is 32.1 Å².